The molecular weight excluding hydrogens is 240 g/mol. The summed E-state index contributed by atoms with van der Waals surface area (Å²) in [7, 11) is 0. The Balaban J connectivity index is 0.000000711. The molecule has 0 radical (unpaired) electrons. The van der Waals surface area contributed by atoms with Gasteiger partial charge in [-0.05, 0) is 17.7 Å². The van der Waals surface area contributed by atoms with Crippen molar-refractivity contribution in [1.29, 1.82) is 5.26 Å². The quantitative estimate of drug-likeness (QED) is 0.374. The van der Waals surface area contributed by atoms with E-state index in [1.165, 1.54) is 6.08 Å². The predicted octanol–water partition coefficient (Wildman–Crippen LogP) is 2.37. The molecule has 0 bridgehead atoms. The molecule has 3 N–H and O–H groups in total. The SMILES string of the molecule is C=CCN.N#CC(C=CC(=O)O)=Cc1ccccc1. The number of nitriles is 1. The number of carbonyl (C=O) groups is 1. The van der Waals surface area contributed by atoms with Gasteiger partial charge in [0.15, 0.2) is 0 Å². The zero-order valence-corrected chi connectivity index (χ0v) is 10.5. The minimum absolute atomic E-state index is 0.309. The first-order chi connectivity index (χ1) is 9.13. The molecule has 0 aliphatic carbocycles. The number of carboxylic acid groups (broad SMARTS) is 1. The van der Waals surface area contributed by atoms with Crippen molar-refractivity contribution in [1.82, 2.24) is 0 Å². The van der Waals surface area contributed by atoms with E-state index >= 15 is 0 Å². The van der Waals surface area contributed by atoms with E-state index < -0.39 is 5.97 Å². The summed E-state index contributed by atoms with van der Waals surface area (Å²) < 4.78 is 0. The van der Waals surface area contributed by atoms with Gasteiger partial charge >= 0.3 is 5.97 Å². The molecule has 0 unspecified atom stereocenters. The van der Waals surface area contributed by atoms with Crippen LogP contribution in [0.3, 0.4) is 0 Å². The van der Waals surface area contributed by atoms with E-state index in [9.17, 15) is 4.79 Å². The molecule has 19 heavy (non-hydrogen) atoms. The summed E-state index contributed by atoms with van der Waals surface area (Å²) in [5.74, 6) is -1.07. The van der Waals surface area contributed by atoms with E-state index in [2.05, 4.69) is 6.58 Å². The molecule has 0 aliphatic rings. The van der Waals surface area contributed by atoms with Crippen LogP contribution in [0.4, 0.5) is 0 Å². The van der Waals surface area contributed by atoms with Crippen LogP contribution in [0, 0.1) is 11.3 Å². The zero-order valence-electron chi connectivity index (χ0n) is 10.5. The van der Waals surface area contributed by atoms with Gasteiger partial charge in [-0.15, -0.1) is 6.58 Å². The summed E-state index contributed by atoms with van der Waals surface area (Å²) in [4.78, 5) is 10.2. The van der Waals surface area contributed by atoms with Gasteiger partial charge in [-0.3, -0.25) is 0 Å². The normalized spacial score (nSPS) is 10.2. The van der Waals surface area contributed by atoms with Crippen molar-refractivity contribution in [3.8, 4) is 6.07 Å². The summed E-state index contributed by atoms with van der Waals surface area (Å²) in [6, 6.07) is 11.2. The molecule has 0 saturated heterocycles. The van der Waals surface area contributed by atoms with Gasteiger partial charge < -0.3 is 10.8 Å². The van der Waals surface area contributed by atoms with Crippen LogP contribution < -0.4 is 5.73 Å². The van der Waals surface area contributed by atoms with Gasteiger partial charge in [-0.2, -0.15) is 5.26 Å². The summed E-state index contributed by atoms with van der Waals surface area (Å²) >= 11 is 0. The van der Waals surface area contributed by atoms with Crippen LogP contribution in [0.1, 0.15) is 5.56 Å². The molecule has 0 spiro atoms. The van der Waals surface area contributed by atoms with Gasteiger partial charge in [0.25, 0.3) is 0 Å². The molecule has 0 atom stereocenters. The fraction of sp³-hybridized carbons (Fsp3) is 0.0667. The Morgan fingerprint density at radius 2 is 1.95 bits per heavy atom. The number of hydrogen-bond donors (Lipinski definition) is 2. The van der Waals surface area contributed by atoms with Crippen LogP contribution in [0.2, 0.25) is 0 Å². The second-order valence-electron chi connectivity index (χ2n) is 3.32. The van der Waals surface area contributed by atoms with Gasteiger partial charge in [0.1, 0.15) is 0 Å². The van der Waals surface area contributed by atoms with E-state index in [1.54, 1.807) is 12.2 Å². The second kappa shape index (κ2) is 10.5. The summed E-state index contributed by atoms with van der Waals surface area (Å²) in [6.07, 6.45) is 5.49. The molecule has 98 valence electrons. The topological polar surface area (TPSA) is 87.1 Å². The molecule has 1 aromatic carbocycles. The molecule has 0 fully saturated rings. The maximum atomic E-state index is 10.2. The third-order valence-corrected chi connectivity index (χ3v) is 1.82. The Morgan fingerprint density at radius 3 is 2.37 bits per heavy atom. The van der Waals surface area contributed by atoms with Crippen molar-refractivity contribution < 1.29 is 9.90 Å². The van der Waals surface area contributed by atoms with Crippen LogP contribution >= 0.6 is 0 Å². The van der Waals surface area contributed by atoms with E-state index in [0.29, 0.717) is 12.1 Å². The molecule has 4 nitrogen and oxygen atoms in total. The van der Waals surface area contributed by atoms with Gasteiger partial charge in [0.05, 0.1) is 11.6 Å². The van der Waals surface area contributed by atoms with Gasteiger partial charge in [0.2, 0.25) is 0 Å². The average Bonchev–Trinajstić information content (AvgIpc) is 2.44. The number of nitrogens with two attached hydrogens (primary N) is 1. The standard InChI is InChI=1S/C12H9NO2.C3H7N/c13-9-11(6-7-12(14)15)8-10-4-2-1-3-5-10;1-2-3-4/h1-8H,(H,14,15);2H,1,3-4H2. The minimum Gasteiger partial charge on any atom is -0.478 e. The molecular formula is C15H16N2O2. The number of allylic oxidation sites excluding steroid dienone is 2. The molecule has 0 amide bonds. The van der Waals surface area contributed by atoms with Gasteiger partial charge in [-0.1, -0.05) is 36.4 Å². The van der Waals surface area contributed by atoms with Crippen molar-refractivity contribution >= 4 is 12.0 Å². The number of aliphatic carboxylic acids is 1. The number of nitrogens with zero attached hydrogens (tertiary/aromatic N) is 1. The van der Waals surface area contributed by atoms with Crippen LogP contribution in [0.15, 0.2) is 60.7 Å². The molecule has 0 heterocycles. The first-order valence-electron chi connectivity index (χ1n) is 5.52. The zero-order chi connectivity index (χ0) is 14.5. The minimum atomic E-state index is -1.07. The maximum absolute atomic E-state index is 10.2. The summed E-state index contributed by atoms with van der Waals surface area (Å²) in [5.41, 5.74) is 6.08. The first-order valence-corrected chi connectivity index (χ1v) is 5.52. The van der Waals surface area contributed by atoms with Crippen LogP contribution in [-0.2, 0) is 4.79 Å². The number of benzene rings is 1. The van der Waals surface area contributed by atoms with Gasteiger partial charge in [0, 0.05) is 12.6 Å². The van der Waals surface area contributed by atoms with Gasteiger partial charge in [-0.25, -0.2) is 4.79 Å². The molecule has 1 aromatic rings. The van der Waals surface area contributed by atoms with Crippen molar-refractivity contribution in [3.63, 3.8) is 0 Å². The Bertz CT molecular complexity index is 497. The Hall–Kier alpha value is -2.64. The smallest absolute Gasteiger partial charge is 0.328 e. The molecule has 4 heteroatoms. The number of rotatable bonds is 4. The lowest BCUT2D eigenvalue weighted by Gasteiger charge is -1.91. The predicted molar refractivity (Wildman–Crippen MR) is 76.1 cm³/mol. The first kappa shape index (κ1) is 16.4. The number of carboxylic acids is 1. The Morgan fingerprint density at radius 1 is 1.37 bits per heavy atom. The monoisotopic (exact) mass is 256 g/mol. The third-order valence-electron chi connectivity index (χ3n) is 1.82. The average molecular weight is 256 g/mol. The highest BCUT2D eigenvalue weighted by molar-refractivity contribution is 5.81. The largest absolute Gasteiger partial charge is 0.478 e. The molecule has 0 saturated carbocycles. The summed E-state index contributed by atoms with van der Waals surface area (Å²) in [6.45, 7) is 3.94. The number of hydrogen-bond acceptors (Lipinski definition) is 3. The fourth-order valence-electron chi connectivity index (χ4n) is 1.01. The van der Waals surface area contributed by atoms with E-state index in [4.69, 9.17) is 16.1 Å². The lowest BCUT2D eigenvalue weighted by molar-refractivity contribution is -0.131. The van der Waals surface area contributed by atoms with Crippen LogP contribution in [0.25, 0.3) is 6.08 Å². The Labute approximate surface area is 112 Å². The third kappa shape index (κ3) is 9.10. The van der Waals surface area contributed by atoms with E-state index in [-0.39, 0.29) is 0 Å². The summed E-state index contributed by atoms with van der Waals surface area (Å²) in [5, 5.41) is 17.1. The van der Waals surface area contributed by atoms with Crippen LogP contribution in [0.5, 0.6) is 0 Å². The van der Waals surface area contributed by atoms with Crippen molar-refractivity contribution in [2.75, 3.05) is 6.54 Å². The lowest BCUT2D eigenvalue weighted by Crippen LogP contribution is -1.90. The highest BCUT2D eigenvalue weighted by atomic mass is 16.4. The van der Waals surface area contributed by atoms with Crippen molar-refractivity contribution in [2.45, 2.75) is 0 Å². The second-order valence-corrected chi connectivity index (χ2v) is 3.32. The maximum Gasteiger partial charge on any atom is 0.328 e. The van der Waals surface area contributed by atoms with E-state index in [1.807, 2.05) is 36.4 Å². The highest BCUT2D eigenvalue weighted by Gasteiger charge is 1.92. The van der Waals surface area contributed by atoms with Crippen LogP contribution in [-0.4, -0.2) is 17.6 Å². The molecule has 0 aliphatic heterocycles. The lowest BCUT2D eigenvalue weighted by atomic mass is 10.1. The molecule has 0 aromatic heterocycles. The fourth-order valence-corrected chi connectivity index (χ4v) is 1.01. The van der Waals surface area contributed by atoms with Crippen molar-refractivity contribution in [2.24, 2.45) is 5.73 Å². The highest BCUT2D eigenvalue weighted by Crippen LogP contribution is 2.06. The van der Waals surface area contributed by atoms with Crippen molar-refractivity contribution in [3.05, 3.63) is 66.3 Å². The van der Waals surface area contributed by atoms with E-state index in [0.717, 1.165) is 11.6 Å². The Kier molecular flexibility index (Phi) is 9.05. The molecule has 1 rings (SSSR count).